The summed E-state index contributed by atoms with van der Waals surface area (Å²) < 4.78 is 12.9. The van der Waals surface area contributed by atoms with Gasteiger partial charge in [-0.2, -0.15) is 0 Å². The third kappa shape index (κ3) is 3.50. The van der Waals surface area contributed by atoms with Crippen molar-refractivity contribution in [3.63, 3.8) is 0 Å². The molecule has 0 aliphatic rings. The molecular formula is C15H18FNO2. The number of nitrogens with one attached hydrogen (secondary N) is 1. The van der Waals surface area contributed by atoms with Gasteiger partial charge in [0.15, 0.2) is 11.6 Å². The predicted molar refractivity (Wildman–Crippen MR) is 72.3 cm³/mol. The highest BCUT2D eigenvalue weighted by molar-refractivity contribution is 6.21. The lowest BCUT2D eigenvalue weighted by Crippen LogP contribution is -2.22. The first kappa shape index (κ1) is 15.1. The zero-order valence-corrected chi connectivity index (χ0v) is 11.6. The van der Waals surface area contributed by atoms with E-state index in [0.717, 1.165) is 0 Å². The molecule has 0 saturated carbocycles. The lowest BCUT2D eigenvalue weighted by molar-refractivity contribution is -0.121. The number of Topliss-reactive ketones (excluding diaryl/α,β-unsaturated/α-hetero) is 2. The Morgan fingerprint density at radius 1 is 1.16 bits per heavy atom. The fourth-order valence-corrected chi connectivity index (χ4v) is 1.87. The van der Waals surface area contributed by atoms with Crippen molar-refractivity contribution in [2.75, 3.05) is 7.05 Å². The van der Waals surface area contributed by atoms with E-state index in [9.17, 15) is 14.0 Å². The second-order valence-corrected chi connectivity index (χ2v) is 4.44. The van der Waals surface area contributed by atoms with E-state index in [1.54, 1.807) is 33.0 Å². The van der Waals surface area contributed by atoms with Crippen LogP contribution in [0.15, 0.2) is 35.5 Å². The van der Waals surface area contributed by atoms with Crippen LogP contribution in [0.4, 0.5) is 4.39 Å². The molecule has 1 unspecified atom stereocenters. The van der Waals surface area contributed by atoms with E-state index in [1.165, 1.54) is 19.1 Å². The summed E-state index contributed by atoms with van der Waals surface area (Å²) in [6, 6.07) is 5.73. The Hall–Kier alpha value is -1.97. The highest BCUT2D eigenvalue weighted by Crippen LogP contribution is 2.21. The second-order valence-electron chi connectivity index (χ2n) is 4.44. The van der Waals surface area contributed by atoms with E-state index >= 15 is 0 Å². The third-order valence-electron chi connectivity index (χ3n) is 3.11. The third-order valence-corrected chi connectivity index (χ3v) is 3.11. The van der Waals surface area contributed by atoms with Crippen molar-refractivity contribution >= 4 is 11.6 Å². The number of rotatable bonds is 5. The molecule has 0 heterocycles. The Bertz CT molecular complexity index is 517. The molecule has 0 amide bonds. The molecule has 0 aromatic heterocycles. The summed E-state index contributed by atoms with van der Waals surface area (Å²) in [6.07, 6.45) is 0. The van der Waals surface area contributed by atoms with Crippen molar-refractivity contribution < 1.29 is 14.0 Å². The van der Waals surface area contributed by atoms with Crippen LogP contribution in [0.1, 0.15) is 32.3 Å². The van der Waals surface area contributed by atoms with Crippen LogP contribution >= 0.6 is 0 Å². The second kappa shape index (κ2) is 6.27. The highest BCUT2D eigenvalue weighted by atomic mass is 19.1. The number of hydrogen-bond donors (Lipinski definition) is 1. The number of benzene rings is 1. The summed E-state index contributed by atoms with van der Waals surface area (Å²) in [6.45, 7) is 4.76. The maximum atomic E-state index is 12.9. The van der Waals surface area contributed by atoms with Gasteiger partial charge in [0.05, 0.1) is 5.57 Å². The van der Waals surface area contributed by atoms with Gasteiger partial charge >= 0.3 is 0 Å². The van der Waals surface area contributed by atoms with Crippen molar-refractivity contribution in [2.45, 2.75) is 26.7 Å². The van der Waals surface area contributed by atoms with Crippen LogP contribution < -0.4 is 5.32 Å². The van der Waals surface area contributed by atoms with E-state index in [-0.39, 0.29) is 23.0 Å². The molecule has 1 aromatic carbocycles. The van der Waals surface area contributed by atoms with E-state index in [4.69, 9.17) is 0 Å². The van der Waals surface area contributed by atoms with Crippen molar-refractivity contribution in [1.29, 1.82) is 0 Å². The number of allylic oxidation sites excluding steroid dienone is 2. The van der Waals surface area contributed by atoms with E-state index in [1.807, 2.05) is 0 Å². The van der Waals surface area contributed by atoms with Crippen LogP contribution in [-0.2, 0) is 9.59 Å². The maximum Gasteiger partial charge on any atom is 0.175 e. The van der Waals surface area contributed by atoms with Gasteiger partial charge in [0.1, 0.15) is 5.82 Å². The average Bonchev–Trinajstić information content (AvgIpc) is 2.38. The number of halogens is 1. The largest absolute Gasteiger partial charge is 0.391 e. The van der Waals surface area contributed by atoms with Gasteiger partial charge in [0.25, 0.3) is 0 Å². The quantitative estimate of drug-likeness (QED) is 0.504. The van der Waals surface area contributed by atoms with Crippen LogP contribution in [0.5, 0.6) is 0 Å². The zero-order valence-electron chi connectivity index (χ0n) is 11.6. The summed E-state index contributed by atoms with van der Waals surface area (Å²) in [5, 5.41) is 2.82. The Balaban J connectivity index is 3.11. The minimum atomic E-state index is -0.484. The maximum absolute atomic E-state index is 12.9. The molecule has 0 bridgehead atoms. The molecule has 3 nitrogen and oxygen atoms in total. The molecule has 0 radical (unpaired) electrons. The molecule has 0 aliphatic heterocycles. The lowest BCUT2D eigenvalue weighted by Gasteiger charge is -2.14. The van der Waals surface area contributed by atoms with Crippen LogP contribution in [-0.4, -0.2) is 18.6 Å². The van der Waals surface area contributed by atoms with Crippen molar-refractivity contribution in [2.24, 2.45) is 0 Å². The van der Waals surface area contributed by atoms with Crippen molar-refractivity contribution in [3.8, 4) is 0 Å². The molecule has 0 spiro atoms. The zero-order chi connectivity index (χ0) is 14.6. The van der Waals surface area contributed by atoms with E-state index < -0.39 is 5.92 Å². The average molecular weight is 263 g/mol. The predicted octanol–water partition coefficient (Wildman–Crippen LogP) is 2.58. The fraction of sp³-hybridized carbons (Fsp3) is 0.333. The van der Waals surface area contributed by atoms with Crippen LogP contribution in [0, 0.1) is 5.82 Å². The molecule has 1 atom stereocenters. The summed E-state index contributed by atoms with van der Waals surface area (Å²) >= 11 is 0. The van der Waals surface area contributed by atoms with E-state index in [0.29, 0.717) is 11.3 Å². The molecule has 1 aromatic rings. The summed E-state index contributed by atoms with van der Waals surface area (Å²) in [4.78, 5) is 24.0. The SMILES string of the molecule is CN/C(C)=C(\C(C)=O)C(=O)C(C)c1ccc(F)cc1. The summed E-state index contributed by atoms with van der Waals surface area (Å²) in [5.41, 5.74) is 1.40. The number of hydrogen-bond acceptors (Lipinski definition) is 3. The molecule has 1 rings (SSSR count). The molecule has 4 heteroatoms. The van der Waals surface area contributed by atoms with Gasteiger partial charge in [0.2, 0.25) is 0 Å². The number of carbonyl (C=O) groups is 2. The van der Waals surface area contributed by atoms with Gasteiger partial charge in [-0.1, -0.05) is 19.1 Å². The first-order valence-corrected chi connectivity index (χ1v) is 6.07. The molecule has 19 heavy (non-hydrogen) atoms. The topological polar surface area (TPSA) is 46.2 Å². The smallest absolute Gasteiger partial charge is 0.175 e. The monoisotopic (exact) mass is 263 g/mol. The van der Waals surface area contributed by atoms with Gasteiger partial charge in [-0.15, -0.1) is 0 Å². The van der Waals surface area contributed by atoms with Crippen LogP contribution in [0.2, 0.25) is 0 Å². The molecule has 102 valence electrons. The van der Waals surface area contributed by atoms with Gasteiger partial charge in [-0.3, -0.25) is 9.59 Å². The Morgan fingerprint density at radius 3 is 2.11 bits per heavy atom. The minimum absolute atomic E-state index is 0.166. The molecule has 0 fully saturated rings. The first-order chi connectivity index (χ1) is 8.88. The van der Waals surface area contributed by atoms with Gasteiger partial charge < -0.3 is 5.32 Å². The molecule has 0 aliphatic carbocycles. The Morgan fingerprint density at radius 2 is 1.68 bits per heavy atom. The van der Waals surface area contributed by atoms with Crippen LogP contribution in [0.25, 0.3) is 0 Å². The Labute approximate surface area is 112 Å². The standard InChI is InChI=1S/C15H18FNO2/c1-9(12-5-7-13(16)8-6-12)15(19)14(11(3)18)10(2)17-4/h5-9,17H,1-4H3/b14-10+. The normalized spacial score (nSPS) is 13.5. The summed E-state index contributed by atoms with van der Waals surface area (Å²) in [5.74, 6) is -1.36. The highest BCUT2D eigenvalue weighted by Gasteiger charge is 2.24. The van der Waals surface area contributed by atoms with Crippen molar-refractivity contribution in [1.82, 2.24) is 5.32 Å². The lowest BCUT2D eigenvalue weighted by atomic mass is 9.90. The molecule has 1 N–H and O–H groups in total. The molecule has 0 saturated heterocycles. The number of carbonyl (C=O) groups excluding carboxylic acids is 2. The van der Waals surface area contributed by atoms with Crippen LogP contribution in [0.3, 0.4) is 0 Å². The van der Waals surface area contributed by atoms with Gasteiger partial charge in [-0.25, -0.2) is 4.39 Å². The summed E-state index contributed by atoms with van der Waals surface area (Å²) in [7, 11) is 1.66. The van der Waals surface area contributed by atoms with Crippen molar-refractivity contribution in [3.05, 3.63) is 46.9 Å². The first-order valence-electron chi connectivity index (χ1n) is 6.07. The van der Waals surface area contributed by atoms with Gasteiger partial charge in [-0.05, 0) is 31.5 Å². The number of ketones is 2. The fourth-order valence-electron chi connectivity index (χ4n) is 1.87. The Kier molecular flexibility index (Phi) is 4.98. The molecular weight excluding hydrogens is 245 g/mol. The van der Waals surface area contributed by atoms with E-state index in [2.05, 4.69) is 5.32 Å². The van der Waals surface area contributed by atoms with Gasteiger partial charge in [0, 0.05) is 18.7 Å². The minimum Gasteiger partial charge on any atom is -0.391 e.